The van der Waals surface area contributed by atoms with Crippen LogP contribution in [0.2, 0.25) is 0 Å². The van der Waals surface area contributed by atoms with Gasteiger partial charge in [0, 0.05) is 17.0 Å². The third-order valence-corrected chi connectivity index (χ3v) is 4.84. The molecular formula is C25H24F4O2. The van der Waals surface area contributed by atoms with Crippen LogP contribution in [0.25, 0.3) is 22.3 Å². The number of benzene rings is 3. The summed E-state index contributed by atoms with van der Waals surface area (Å²) >= 11 is 0. The van der Waals surface area contributed by atoms with Gasteiger partial charge in [0.05, 0.1) is 13.2 Å². The Morgan fingerprint density at radius 2 is 1.19 bits per heavy atom. The predicted octanol–water partition coefficient (Wildman–Crippen LogP) is 7.28. The van der Waals surface area contributed by atoms with E-state index >= 15 is 0 Å². The van der Waals surface area contributed by atoms with Crippen LogP contribution in [-0.2, 0) is 9.47 Å². The van der Waals surface area contributed by atoms with Crippen molar-refractivity contribution in [3.63, 3.8) is 0 Å². The fraction of sp³-hybridized carbons (Fsp3) is 0.280. The molecule has 0 spiro atoms. The van der Waals surface area contributed by atoms with E-state index in [-0.39, 0.29) is 11.1 Å². The van der Waals surface area contributed by atoms with E-state index in [1.54, 1.807) is 6.07 Å². The van der Waals surface area contributed by atoms with Crippen molar-refractivity contribution in [2.24, 2.45) is 5.92 Å². The van der Waals surface area contributed by atoms with Gasteiger partial charge in [-0.05, 0) is 34.9 Å². The largest absolute Gasteiger partial charge is 0.348 e. The van der Waals surface area contributed by atoms with Crippen LogP contribution < -0.4 is 0 Å². The van der Waals surface area contributed by atoms with Gasteiger partial charge in [0.15, 0.2) is 23.7 Å². The second-order valence-electron chi connectivity index (χ2n) is 7.17. The number of hydrogen-bond donors (Lipinski definition) is 0. The van der Waals surface area contributed by atoms with Crippen LogP contribution in [0.5, 0.6) is 0 Å². The minimum atomic E-state index is -1.58. The molecule has 2 nitrogen and oxygen atoms in total. The first-order valence-corrected chi connectivity index (χ1v) is 10.2. The van der Waals surface area contributed by atoms with Crippen LogP contribution >= 0.6 is 0 Å². The summed E-state index contributed by atoms with van der Waals surface area (Å²) in [5.74, 6) is -4.60. The number of hydrogen-bond acceptors (Lipinski definition) is 2. The van der Waals surface area contributed by atoms with E-state index in [2.05, 4.69) is 0 Å². The van der Waals surface area contributed by atoms with Crippen LogP contribution in [0.3, 0.4) is 0 Å². The van der Waals surface area contributed by atoms with Gasteiger partial charge in [-0.25, -0.2) is 17.6 Å². The maximum Gasteiger partial charge on any atom is 0.194 e. The molecule has 0 atom stereocenters. The Labute approximate surface area is 179 Å². The van der Waals surface area contributed by atoms with Crippen molar-refractivity contribution >= 4 is 0 Å². The quantitative estimate of drug-likeness (QED) is 0.320. The molecule has 0 saturated carbocycles. The highest BCUT2D eigenvalue weighted by Gasteiger charge is 2.21. The van der Waals surface area contributed by atoms with Crippen LogP contribution in [-0.4, -0.2) is 13.2 Å². The maximum absolute atomic E-state index is 14.6. The Balaban J connectivity index is 0.00000132. The number of halogens is 4. The summed E-state index contributed by atoms with van der Waals surface area (Å²) in [6.07, 6.45) is -0.414. The molecule has 0 radical (unpaired) electrons. The van der Waals surface area contributed by atoms with E-state index in [1.807, 2.05) is 45.0 Å². The summed E-state index contributed by atoms with van der Waals surface area (Å²) in [5.41, 5.74) is 2.15. The summed E-state index contributed by atoms with van der Waals surface area (Å²) in [6, 6.07) is 13.2. The smallest absolute Gasteiger partial charge is 0.194 e. The molecule has 0 aliphatic carbocycles. The fourth-order valence-corrected chi connectivity index (χ4v) is 3.26. The van der Waals surface area contributed by atoms with Gasteiger partial charge in [-0.2, -0.15) is 0 Å². The topological polar surface area (TPSA) is 18.5 Å². The molecular weight excluding hydrogens is 408 g/mol. The number of rotatable bonds is 3. The molecule has 4 rings (SSSR count). The molecule has 6 heteroatoms. The molecule has 0 amide bonds. The second-order valence-corrected chi connectivity index (χ2v) is 7.17. The van der Waals surface area contributed by atoms with Gasteiger partial charge in [-0.3, -0.25) is 0 Å². The zero-order chi connectivity index (χ0) is 22.5. The summed E-state index contributed by atoms with van der Waals surface area (Å²) in [4.78, 5) is 0. The summed E-state index contributed by atoms with van der Waals surface area (Å²) in [6.45, 7) is 7.31. The van der Waals surface area contributed by atoms with Crippen molar-refractivity contribution in [3.05, 3.63) is 83.4 Å². The monoisotopic (exact) mass is 432 g/mol. The first-order valence-electron chi connectivity index (χ1n) is 10.2. The Kier molecular flexibility index (Phi) is 7.46. The van der Waals surface area contributed by atoms with Gasteiger partial charge in [0.2, 0.25) is 0 Å². The maximum atomic E-state index is 14.6. The molecule has 0 unspecified atom stereocenters. The molecule has 1 saturated heterocycles. The third kappa shape index (κ3) is 5.14. The van der Waals surface area contributed by atoms with Gasteiger partial charge < -0.3 is 9.47 Å². The summed E-state index contributed by atoms with van der Waals surface area (Å²) in [5, 5.41) is 0. The highest BCUT2D eigenvalue weighted by Crippen LogP contribution is 2.31. The Bertz CT molecular complexity index is 1000. The molecule has 3 aromatic carbocycles. The summed E-state index contributed by atoms with van der Waals surface area (Å²) in [7, 11) is 0. The first kappa shape index (κ1) is 23.0. The van der Waals surface area contributed by atoms with E-state index in [0.29, 0.717) is 24.7 Å². The minimum Gasteiger partial charge on any atom is -0.348 e. The van der Waals surface area contributed by atoms with Crippen LogP contribution in [0, 0.1) is 29.2 Å². The van der Waals surface area contributed by atoms with Gasteiger partial charge in [-0.1, -0.05) is 57.2 Å². The van der Waals surface area contributed by atoms with Crippen molar-refractivity contribution in [3.8, 4) is 22.3 Å². The van der Waals surface area contributed by atoms with E-state index in [9.17, 15) is 17.6 Å². The highest BCUT2D eigenvalue weighted by atomic mass is 19.2. The third-order valence-electron chi connectivity index (χ3n) is 4.84. The molecule has 0 aromatic heterocycles. The molecule has 0 bridgehead atoms. The van der Waals surface area contributed by atoms with Gasteiger partial charge in [-0.15, -0.1) is 0 Å². The standard InChI is InChI=1S/C23H18F4O2.C2H6/c1-13-11-28-23(29-12-13)15-4-2-14(3-5-15)16-6-7-18(19(24)8-16)17-9-20(25)22(27)21(26)10-17;1-2/h2-10,13,23H,11-12H2,1H3;1-2H3. The van der Waals surface area contributed by atoms with Crippen molar-refractivity contribution in [2.75, 3.05) is 13.2 Å². The van der Waals surface area contributed by atoms with Crippen molar-refractivity contribution in [2.45, 2.75) is 27.1 Å². The lowest BCUT2D eigenvalue weighted by atomic mass is 9.98. The lowest BCUT2D eigenvalue weighted by Gasteiger charge is -2.27. The van der Waals surface area contributed by atoms with Crippen LogP contribution in [0.1, 0.15) is 32.6 Å². The van der Waals surface area contributed by atoms with Gasteiger partial charge in [0.1, 0.15) is 5.82 Å². The molecule has 31 heavy (non-hydrogen) atoms. The normalized spacial score (nSPS) is 18.3. The predicted molar refractivity (Wildman–Crippen MR) is 112 cm³/mol. The molecule has 1 fully saturated rings. The lowest BCUT2D eigenvalue weighted by Crippen LogP contribution is -2.24. The molecule has 164 valence electrons. The fourth-order valence-electron chi connectivity index (χ4n) is 3.26. The van der Waals surface area contributed by atoms with Crippen molar-refractivity contribution < 1.29 is 27.0 Å². The first-order chi connectivity index (χ1) is 14.9. The highest BCUT2D eigenvalue weighted by molar-refractivity contribution is 5.71. The second kappa shape index (κ2) is 10.1. The van der Waals surface area contributed by atoms with Gasteiger partial charge in [0.25, 0.3) is 0 Å². The van der Waals surface area contributed by atoms with E-state index in [0.717, 1.165) is 23.3 Å². The molecule has 0 N–H and O–H groups in total. The van der Waals surface area contributed by atoms with E-state index < -0.39 is 29.6 Å². The average molecular weight is 432 g/mol. The SMILES string of the molecule is CC.CC1COC(c2ccc(-c3ccc(-c4cc(F)c(F)c(F)c4)c(F)c3)cc2)OC1. The van der Waals surface area contributed by atoms with E-state index in [4.69, 9.17) is 9.47 Å². The molecule has 1 aliphatic heterocycles. The van der Waals surface area contributed by atoms with E-state index in [1.165, 1.54) is 12.1 Å². The van der Waals surface area contributed by atoms with Gasteiger partial charge >= 0.3 is 0 Å². The van der Waals surface area contributed by atoms with Crippen molar-refractivity contribution in [1.29, 1.82) is 0 Å². The lowest BCUT2D eigenvalue weighted by molar-refractivity contribution is -0.202. The molecule has 1 heterocycles. The molecule has 1 aliphatic rings. The van der Waals surface area contributed by atoms with Crippen LogP contribution in [0.4, 0.5) is 17.6 Å². The zero-order valence-corrected chi connectivity index (χ0v) is 17.6. The Morgan fingerprint density at radius 3 is 1.74 bits per heavy atom. The Hall–Kier alpha value is -2.70. The molecule has 3 aromatic rings. The average Bonchev–Trinajstić information content (AvgIpc) is 2.79. The Morgan fingerprint density at radius 1 is 0.677 bits per heavy atom. The van der Waals surface area contributed by atoms with Crippen molar-refractivity contribution in [1.82, 2.24) is 0 Å². The number of ether oxygens (including phenoxy) is 2. The minimum absolute atomic E-state index is 0.0127. The zero-order valence-electron chi connectivity index (χ0n) is 17.6. The summed E-state index contributed by atoms with van der Waals surface area (Å²) < 4.78 is 66.0. The van der Waals surface area contributed by atoms with Crippen LogP contribution in [0.15, 0.2) is 54.6 Å².